The van der Waals surface area contributed by atoms with Crippen LogP contribution in [0.25, 0.3) is 33.0 Å². The van der Waals surface area contributed by atoms with E-state index in [-0.39, 0.29) is 5.56 Å². The smallest absolute Gasteiger partial charge is 0.258 e. The number of nitrogens with zero attached hydrogens (tertiary/aromatic N) is 2. The van der Waals surface area contributed by atoms with Crippen molar-refractivity contribution in [3.05, 3.63) is 77.0 Å². The van der Waals surface area contributed by atoms with E-state index in [0.29, 0.717) is 12.0 Å². The van der Waals surface area contributed by atoms with Gasteiger partial charge in [0.2, 0.25) is 0 Å². The van der Waals surface area contributed by atoms with Crippen molar-refractivity contribution in [3.8, 4) is 28.0 Å². The normalized spacial score (nSPS) is 11.1. The summed E-state index contributed by atoms with van der Waals surface area (Å²) >= 11 is 1.79. The van der Waals surface area contributed by atoms with E-state index in [1.807, 2.05) is 50.5 Å². The average Bonchev–Trinajstić information content (AvgIpc) is 2.78. The molecular formula is C26H26N2O2S. The SMILES string of the molecule is CCOc1ccc(SCC)cc1-c1cn(C)c(=O)c2ccc(-c3ccc(C)nc3)cc12. The van der Waals surface area contributed by atoms with Gasteiger partial charge in [0.1, 0.15) is 5.75 Å². The molecule has 0 fully saturated rings. The summed E-state index contributed by atoms with van der Waals surface area (Å²) in [7, 11) is 1.80. The van der Waals surface area contributed by atoms with Gasteiger partial charge in [-0.15, -0.1) is 11.8 Å². The molecular weight excluding hydrogens is 404 g/mol. The Labute approximate surface area is 186 Å². The number of rotatable bonds is 6. The molecule has 4 nitrogen and oxygen atoms in total. The van der Waals surface area contributed by atoms with Crippen LogP contribution in [0.5, 0.6) is 5.75 Å². The second kappa shape index (κ2) is 8.98. The number of fused-ring (bicyclic) bond motifs is 1. The van der Waals surface area contributed by atoms with E-state index >= 15 is 0 Å². The van der Waals surface area contributed by atoms with E-state index < -0.39 is 0 Å². The van der Waals surface area contributed by atoms with Crippen LogP contribution in [0, 0.1) is 6.92 Å². The monoisotopic (exact) mass is 430 g/mol. The molecule has 0 aliphatic rings. The van der Waals surface area contributed by atoms with Crippen LogP contribution in [-0.4, -0.2) is 21.9 Å². The summed E-state index contributed by atoms with van der Waals surface area (Å²) in [4.78, 5) is 18.5. The quantitative estimate of drug-likeness (QED) is 0.347. The highest BCUT2D eigenvalue weighted by atomic mass is 32.2. The van der Waals surface area contributed by atoms with Crippen LogP contribution >= 0.6 is 11.8 Å². The maximum Gasteiger partial charge on any atom is 0.258 e. The molecule has 2 heterocycles. The van der Waals surface area contributed by atoms with E-state index in [0.717, 1.165) is 44.8 Å². The van der Waals surface area contributed by atoms with Crippen LogP contribution in [-0.2, 0) is 7.05 Å². The summed E-state index contributed by atoms with van der Waals surface area (Å²) in [5.74, 6) is 1.82. The van der Waals surface area contributed by atoms with Gasteiger partial charge < -0.3 is 9.30 Å². The van der Waals surface area contributed by atoms with Gasteiger partial charge >= 0.3 is 0 Å². The van der Waals surface area contributed by atoms with Gasteiger partial charge in [-0.2, -0.15) is 0 Å². The van der Waals surface area contributed by atoms with Crippen molar-refractivity contribution in [1.29, 1.82) is 0 Å². The molecule has 0 N–H and O–H groups in total. The lowest BCUT2D eigenvalue weighted by Crippen LogP contribution is -2.16. The van der Waals surface area contributed by atoms with Crippen LogP contribution in [0.15, 0.2) is 70.6 Å². The van der Waals surface area contributed by atoms with Crippen LogP contribution < -0.4 is 10.3 Å². The minimum atomic E-state index is -0.00983. The number of ether oxygens (including phenoxy) is 1. The number of aromatic nitrogens is 2. The Morgan fingerprint density at radius 2 is 1.77 bits per heavy atom. The Kier molecular flexibility index (Phi) is 6.14. The zero-order valence-corrected chi connectivity index (χ0v) is 19.1. The standard InChI is InChI=1S/C26H26N2O2S/c1-5-30-25-12-10-20(31-6-2)14-23(25)24-16-28(4)26(29)21-11-9-18(13-22(21)24)19-8-7-17(3)27-15-19/h7-16H,5-6H2,1-4H3. The fraction of sp³-hybridized carbons (Fsp3) is 0.231. The maximum absolute atomic E-state index is 12.9. The molecule has 0 radical (unpaired) electrons. The summed E-state index contributed by atoms with van der Waals surface area (Å²) in [5, 5.41) is 1.61. The highest BCUT2D eigenvalue weighted by molar-refractivity contribution is 7.99. The fourth-order valence-electron chi connectivity index (χ4n) is 3.76. The van der Waals surface area contributed by atoms with Crippen molar-refractivity contribution in [2.45, 2.75) is 25.7 Å². The van der Waals surface area contributed by atoms with Crippen molar-refractivity contribution >= 4 is 22.5 Å². The van der Waals surface area contributed by atoms with Gasteiger partial charge in [-0.25, -0.2) is 0 Å². The molecule has 31 heavy (non-hydrogen) atoms. The van der Waals surface area contributed by atoms with Crippen LogP contribution in [0.2, 0.25) is 0 Å². The van der Waals surface area contributed by atoms with Crippen molar-refractivity contribution in [2.75, 3.05) is 12.4 Å². The van der Waals surface area contributed by atoms with E-state index in [9.17, 15) is 4.79 Å². The predicted octanol–water partition coefficient (Wildman–Crippen LogP) is 6.09. The molecule has 4 aromatic rings. The fourth-order valence-corrected chi connectivity index (χ4v) is 4.45. The Hall–Kier alpha value is -3.05. The van der Waals surface area contributed by atoms with Crippen molar-refractivity contribution in [2.24, 2.45) is 7.05 Å². The first-order valence-corrected chi connectivity index (χ1v) is 11.5. The van der Waals surface area contributed by atoms with Gasteiger partial charge in [0, 0.05) is 52.1 Å². The Morgan fingerprint density at radius 1 is 0.968 bits per heavy atom. The third kappa shape index (κ3) is 4.23. The topological polar surface area (TPSA) is 44.1 Å². The minimum Gasteiger partial charge on any atom is -0.493 e. The summed E-state index contributed by atoms with van der Waals surface area (Å²) in [6.07, 6.45) is 3.79. The van der Waals surface area contributed by atoms with E-state index in [2.05, 4.69) is 36.2 Å². The van der Waals surface area contributed by atoms with Crippen LogP contribution in [0.4, 0.5) is 0 Å². The Morgan fingerprint density at radius 3 is 2.48 bits per heavy atom. The van der Waals surface area contributed by atoms with Gasteiger partial charge in [-0.3, -0.25) is 9.78 Å². The third-order valence-corrected chi connectivity index (χ3v) is 6.16. The zero-order valence-electron chi connectivity index (χ0n) is 18.3. The van der Waals surface area contributed by atoms with Gasteiger partial charge in [0.15, 0.2) is 0 Å². The van der Waals surface area contributed by atoms with E-state index in [4.69, 9.17) is 4.74 Å². The van der Waals surface area contributed by atoms with Crippen LogP contribution in [0.3, 0.4) is 0 Å². The zero-order chi connectivity index (χ0) is 22.0. The summed E-state index contributed by atoms with van der Waals surface area (Å²) in [6.45, 7) is 6.68. The first-order chi connectivity index (χ1) is 15.0. The second-order valence-electron chi connectivity index (χ2n) is 7.43. The molecule has 0 saturated carbocycles. The Balaban J connectivity index is 2.00. The maximum atomic E-state index is 12.9. The minimum absolute atomic E-state index is 0.00983. The summed E-state index contributed by atoms with van der Waals surface area (Å²) in [5.41, 5.74) is 5.02. The second-order valence-corrected chi connectivity index (χ2v) is 8.77. The van der Waals surface area contributed by atoms with Crippen molar-refractivity contribution in [3.63, 3.8) is 0 Å². The predicted molar refractivity (Wildman–Crippen MR) is 130 cm³/mol. The number of aryl methyl sites for hydroxylation is 2. The molecule has 0 unspecified atom stereocenters. The molecule has 0 bridgehead atoms. The lowest BCUT2D eigenvalue weighted by atomic mass is 9.96. The molecule has 2 aromatic carbocycles. The van der Waals surface area contributed by atoms with E-state index in [1.165, 1.54) is 4.90 Å². The molecule has 0 aliphatic heterocycles. The van der Waals surface area contributed by atoms with Crippen molar-refractivity contribution < 1.29 is 4.74 Å². The molecule has 0 amide bonds. The number of thioether (sulfide) groups is 1. The van der Waals surface area contributed by atoms with Gasteiger partial charge in [0.05, 0.1) is 6.61 Å². The molecule has 0 saturated heterocycles. The Bertz CT molecular complexity index is 1290. The summed E-state index contributed by atoms with van der Waals surface area (Å²) in [6, 6.07) is 16.4. The number of pyridine rings is 2. The van der Waals surface area contributed by atoms with Gasteiger partial charge in [-0.05, 0) is 66.9 Å². The lowest BCUT2D eigenvalue weighted by molar-refractivity contribution is 0.341. The van der Waals surface area contributed by atoms with Crippen molar-refractivity contribution in [1.82, 2.24) is 9.55 Å². The molecule has 0 aliphatic carbocycles. The third-order valence-electron chi connectivity index (χ3n) is 5.28. The first kappa shape index (κ1) is 21.2. The van der Waals surface area contributed by atoms with Gasteiger partial charge in [0.25, 0.3) is 5.56 Å². The number of benzene rings is 2. The number of hydrogen-bond acceptors (Lipinski definition) is 4. The summed E-state index contributed by atoms with van der Waals surface area (Å²) < 4.78 is 7.62. The van der Waals surface area contributed by atoms with Gasteiger partial charge in [-0.1, -0.05) is 19.1 Å². The molecule has 4 rings (SSSR count). The average molecular weight is 431 g/mol. The number of hydrogen-bond donors (Lipinski definition) is 0. The molecule has 5 heteroatoms. The lowest BCUT2D eigenvalue weighted by Gasteiger charge is -2.16. The van der Waals surface area contributed by atoms with E-state index in [1.54, 1.807) is 23.4 Å². The highest BCUT2D eigenvalue weighted by Crippen LogP contribution is 2.38. The first-order valence-electron chi connectivity index (χ1n) is 10.5. The molecule has 158 valence electrons. The largest absolute Gasteiger partial charge is 0.493 e. The molecule has 0 atom stereocenters. The molecule has 2 aromatic heterocycles. The molecule has 0 spiro atoms. The highest BCUT2D eigenvalue weighted by Gasteiger charge is 2.15. The van der Waals surface area contributed by atoms with Crippen LogP contribution in [0.1, 0.15) is 19.5 Å².